The number of allylic oxidation sites excluding steroid dienone is 1. The van der Waals surface area contributed by atoms with Crippen LogP contribution in [0.3, 0.4) is 0 Å². The Bertz CT molecular complexity index is 1070. The van der Waals surface area contributed by atoms with Crippen molar-refractivity contribution in [2.24, 2.45) is 0 Å². The maximum absolute atomic E-state index is 12.3. The van der Waals surface area contributed by atoms with E-state index in [2.05, 4.69) is 41.3 Å². The molecule has 0 radical (unpaired) electrons. The lowest BCUT2D eigenvalue weighted by Gasteiger charge is -2.11. The van der Waals surface area contributed by atoms with Gasteiger partial charge in [0.2, 0.25) is 12.4 Å². The summed E-state index contributed by atoms with van der Waals surface area (Å²) in [6.45, 7) is 1.90. The predicted octanol–water partition coefficient (Wildman–Crippen LogP) is 3.42. The molecule has 3 aromatic rings. The SMILES string of the molecule is Cc1ccc(S(=O)(=O)O[n+]2ccc(CC=Cc3ccc(N(C)C)cc3)cc2)cc1. The molecule has 6 heteroatoms. The Kier molecular flexibility index (Phi) is 6.34. The van der Waals surface area contributed by atoms with Gasteiger partial charge in [0, 0.05) is 36.6 Å². The molecule has 0 fully saturated rings. The Morgan fingerprint density at radius 1 is 0.931 bits per heavy atom. The molecule has 0 bridgehead atoms. The summed E-state index contributed by atoms with van der Waals surface area (Å²) in [5.74, 6) is 0. The van der Waals surface area contributed by atoms with Gasteiger partial charge in [0.15, 0.2) is 0 Å². The minimum Gasteiger partial charge on any atom is -0.378 e. The van der Waals surface area contributed by atoms with Gasteiger partial charge in [0.1, 0.15) is 4.90 Å². The monoisotopic (exact) mass is 409 g/mol. The Morgan fingerprint density at radius 2 is 1.55 bits per heavy atom. The Hall–Kier alpha value is -3.12. The number of hydrogen-bond donors (Lipinski definition) is 0. The van der Waals surface area contributed by atoms with Gasteiger partial charge in [0.05, 0.1) is 0 Å². The molecule has 29 heavy (non-hydrogen) atoms. The Morgan fingerprint density at radius 3 is 2.14 bits per heavy atom. The summed E-state index contributed by atoms with van der Waals surface area (Å²) in [7, 11) is 0.172. The van der Waals surface area contributed by atoms with E-state index in [9.17, 15) is 8.42 Å². The Balaban J connectivity index is 1.60. The summed E-state index contributed by atoms with van der Waals surface area (Å²) >= 11 is 0. The molecule has 0 aliphatic rings. The summed E-state index contributed by atoms with van der Waals surface area (Å²) in [5.41, 5.74) is 4.34. The second-order valence-corrected chi connectivity index (χ2v) is 8.53. The predicted molar refractivity (Wildman–Crippen MR) is 115 cm³/mol. The van der Waals surface area contributed by atoms with Gasteiger partial charge in [-0.2, -0.15) is 8.42 Å². The van der Waals surface area contributed by atoms with Crippen LogP contribution < -0.4 is 13.9 Å². The quantitative estimate of drug-likeness (QED) is 0.561. The third kappa shape index (κ3) is 5.68. The van der Waals surface area contributed by atoms with Crippen molar-refractivity contribution >= 4 is 21.9 Å². The molecule has 0 amide bonds. The molecular formula is C23H25N2O3S+. The minimum absolute atomic E-state index is 0.128. The zero-order valence-electron chi connectivity index (χ0n) is 16.8. The van der Waals surface area contributed by atoms with Gasteiger partial charge in [-0.05, 0) is 48.7 Å². The molecule has 0 aliphatic carbocycles. The van der Waals surface area contributed by atoms with Crippen molar-refractivity contribution in [2.45, 2.75) is 18.2 Å². The molecule has 0 saturated heterocycles. The van der Waals surface area contributed by atoms with Crippen molar-refractivity contribution in [3.8, 4) is 0 Å². The van der Waals surface area contributed by atoms with E-state index in [1.165, 1.54) is 16.9 Å². The summed E-state index contributed by atoms with van der Waals surface area (Å²) in [6, 6.07) is 18.5. The highest BCUT2D eigenvalue weighted by atomic mass is 32.2. The van der Waals surface area contributed by atoms with E-state index in [4.69, 9.17) is 4.28 Å². The third-order valence-corrected chi connectivity index (χ3v) is 5.66. The van der Waals surface area contributed by atoms with Gasteiger partial charge in [-0.15, -0.1) is 4.28 Å². The van der Waals surface area contributed by atoms with Crippen LogP contribution in [-0.2, 0) is 16.5 Å². The summed E-state index contributed by atoms with van der Waals surface area (Å²) in [5, 5.41) is 0. The first-order valence-electron chi connectivity index (χ1n) is 9.29. The van der Waals surface area contributed by atoms with Crippen LogP contribution in [0.4, 0.5) is 5.69 Å². The zero-order valence-corrected chi connectivity index (χ0v) is 17.6. The van der Waals surface area contributed by atoms with Gasteiger partial charge in [-0.3, -0.25) is 0 Å². The lowest BCUT2D eigenvalue weighted by Crippen LogP contribution is -2.45. The number of pyridine rings is 1. The minimum atomic E-state index is -3.86. The summed E-state index contributed by atoms with van der Waals surface area (Å²) < 4.78 is 31.0. The van der Waals surface area contributed by atoms with Gasteiger partial charge in [0.25, 0.3) is 0 Å². The van der Waals surface area contributed by atoms with Crippen LogP contribution in [-0.4, -0.2) is 22.5 Å². The van der Waals surface area contributed by atoms with Crippen molar-refractivity contribution in [1.29, 1.82) is 0 Å². The molecule has 0 unspecified atom stereocenters. The van der Waals surface area contributed by atoms with E-state index < -0.39 is 10.1 Å². The van der Waals surface area contributed by atoms with Crippen LogP contribution >= 0.6 is 0 Å². The first-order chi connectivity index (χ1) is 13.8. The average molecular weight is 410 g/mol. The van der Waals surface area contributed by atoms with Crippen LogP contribution in [0.25, 0.3) is 6.08 Å². The molecule has 150 valence electrons. The number of aryl methyl sites for hydroxylation is 1. The highest BCUT2D eigenvalue weighted by Crippen LogP contribution is 2.14. The largest absolute Gasteiger partial charge is 0.396 e. The standard InChI is InChI=1S/C23H25N2O3S/c1-19-7-13-23(14-8-19)29(26,27)28-25-17-15-21(16-18-25)6-4-5-20-9-11-22(12-10-20)24(2)3/h4-5,7-18H,6H2,1-3H3/q+1. The molecule has 0 spiro atoms. The van der Waals surface area contributed by atoms with Gasteiger partial charge in [-0.25, -0.2) is 0 Å². The lowest BCUT2D eigenvalue weighted by molar-refractivity contribution is -0.856. The van der Waals surface area contributed by atoms with Gasteiger partial charge in [-0.1, -0.05) is 42.0 Å². The second kappa shape index (κ2) is 8.92. The van der Waals surface area contributed by atoms with Gasteiger partial charge < -0.3 is 4.90 Å². The fourth-order valence-electron chi connectivity index (χ4n) is 2.71. The Labute approximate surface area is 172 Å². The molecule has 1 heterocycles. The van der Waals surface area contributed by atoms with Crippen molar-refractivity contribution in [3.63, 3.8) is 0 Å². The molecule has 5 nitrogen and oxygen atoms in total. The molecule has 0 atom stereocenters. The van der Waals surface area contributed by atoms with E-state index in [-0.39, 0.29) is 4.90 Å². The normalized spacial score (nSPS) is 11.6. The zero-order chi connectivity index (χ0) is 20.9. The summed E-state index contributed by atoms with van der Waals surface area (Å²) in [4.78, 5) is 2.19. The molecule has 1 aromatic heterocycles. The van der Waals surface area contributed by atoms with Crippen LogP contribution in [0.5, 0.6) is 0 Å². The molecule has 0 N–H and O–H groups in total. The first kappa shape index (κ1) is 20.6. The number of hydrogen-bond acceptors (Lipinski definition) is 4. The highest BCUT2D eigenvalue weighted by molar-refractivity contribution is 7.86. The van der Waals surface area contributed by atoms with Crippen molar-refractivity contribution in [3.05, 3.63) is 95.8 Å². The topological polar surface area (TPSA) is 50.5 Å². The molecule has 0 aliphatic heterocycles. The van der Waals surface area contributed by atoms with E-state index in [0.29, 0.717) is 0 Å². The number of rotatable bonds is 7. The average Bonchev–Trinajstić information content (AvgIpc) is 2.70. The third-order valence-electron chi connectivity index (χ3n) is 4.44. The number of benzene rings is 2. The van der Waals surface area contributed by atoms with Gasteiger partial charge >= 0.3 is 10.1 Å². The maximum atomic E-state index is 12.3. The highest BCUT2D eigenvalue weighted by Gasteiger charge is 2.21. The van der Waals surface area contributed by atoms with Crippen molar-refractivity contribution in [1.82, 2.24) is 0 Å². The number of aromatic nitrogens is 1. The smallest absolute Gasteiger partial charge is 0.378 e. The van der Waals surface area contributed by atoms with Crippen molar-refractivity contribution in [2.75, 3.05) is 19.0 Å². The number of anilines is 1. The number of nitrogens with zero attached hydrogens (tertiary/aromatic N) is 2. The van der Waals surface area contributed by atoms with Crippen LogP contribution in [0.2, 0.25) is 0 Å². The fraction of sp³-hybridized carbons (Fsp3) is 0.174. The molecule has 2 aromatic carbocycles. The summed E-state index contributed by atoms with van der Waals surface area (Å²) in [6.07, 6.45) is 8.08. The van der Waals surface area contributed by atoms with E-state index in [1.54, 1.807) is 24.5 Å². The van der Waals surface area contributed by atoms with Crippen LogP contribution in [0, 0.1) is 6.92 Å². The lowest BCUT2D eigenvalue weighted by atomic mass is 10.1. The maximum Gasteiger partial charge on any atom is 0.396 e. The van der Waals surface area contributed by atoms with Crippen LogP contribution in [0.15, 0.2) is 84.0 Å². The second-order valence-electron chi connectivity index (χ2n) is 7.00. The fourth-order valence-corrected chi connectivity index (χ4v) is 3.59. The molecule has 3 rings (SSSR count). The van der Waals surface area contributed by atoms with E-state index in [0.717, 1.165) is 28.8 Å². The molecule has 0 saturated carbocycles. The van der Waals surface area contributed by atoms with Crippen LogP contribution in [0.1, 0.15) is 16.7 Å². The van der Waals surface area contributed by atoms with Crippen molar-refractivity contribution < 1.29 is 17.4 Å². The van der Waals surface area contributed by atoms with E-state index >= 15 is 0 Å². The van der Waals surface area contributed by atoms with E-state index in [1.807, 2.05) is 33.2 Å². The first-order valence-corrected chi connectivity index (χ1v) is 10.7. The molecular weight excluding hydrogens is 384 g/mol.